The molecule has 1 atom stereocenters. The molecule has 4 aromatic rings. The summed E-state index contributed by atoms with van der Waals surface area (Å²) in [6, 6.07) is 15.1. The minimum Gasteiger partial charge on any atom is -0.493 e. The van der Waals surface area contributed by atoms with Crippen LogP contribution in [0.4, 0.5) is 19.0 Å². The Morgan fingerprint density at radius 1 is 1.00 bits per heavy atom. The quantitative estimate of drug-likeness (QED) is 0.264. The van der Waals surface area contributed by atoms with Gasteiger partial charge in [0.05, 0.1) is 32.3 Å². The van der Waals surface area contributed by atoms with Crippen molar-refractivity contribution in [2.75, 3.05) is 26.1 Å². The number of ether oxygens (including phenoxy) is 2. The molecule has 2 heterocycles. The van der Waals surface area contributed by atoms with Gasteiger partial charge in [-0.05, 0) is 43.2 Å². The molecule has 2 aromatic heterocycles. The average molecular weight is 517 g/mol. The number of anilines is 1. The Kier molecular flexibility index (Phi) is 7.65. The normalized spacial score (nSPS) is 12.5. The number of nitrogens with one attached hydrogen (secondary N) is 2. The third-order valence-corrected chi connectivity index (χ3v) is 6.94. The van der Waals surface area contributed by atoms with E-state index in [2.05, 4.69) is 20.6 Å². The first kappa shape index (κ1) is 25.7. The molecule has 10 heteroatoms. The highest BCUT2D eigenvalue weighted by molar-refractivity contribution is 7.15. The Morgan fingerprint density at radius 2 is 1.72 bits per heavy atom. The van der Waals surface area contributed by atoms with E-state index in [-0.39, 0.29) is 12.6 Å². The number of aryl methyl sites for hydroxylation is 1. The van der Waals surface area contributed by atoms with Gasteiger partial charge in [-0.15, -0.1) is 11.3 Å². The van der Waals surface area contributed by atoms with Gasteiger partial charge in [0.15, 0.2) is 11.5 Å². The number of hydrogen-bond acceptors (Lipinski definition) is 7. The van der Waals surface area contributed by atoms with Gasteiger partial charge in [-0.3, -0.25) is 0 Å². The third-order valence-electron chi connectivity index (χ3n) is 5.64. The van der Waals surface area contributed by atoms with Crippen molar-refractivity contribution in [2.45, 2.75) is 32.6 Å². The molecule has 0 aliphatic carbocycles. The number of benzene rings is 2. The molecule has 2 N–H and O–H groups in total. The number of alkyl halides is 3. The molecule has 0 aliphatic heterocycles. The van der Waals surface area contributed by atoms with Gasteiger partial charge in [0.1, 0.15) is 11.6 Å². The van der Waals surface area contributed by atoms with Gasteiger partial charge in [0, 0.05) is 27.8 Å². The number of nitrogens with zero attached hydrogens (tertiary/aromatic N) is 2. The van der Waals surface area contributed by atoms with Crippen molar-refractivity contribution >= 4 is 28.1 Å². The summed E-state index contributed by atoms with van der Waals surface area (Å²) in [5.41, 5.74) is 2.46. The molecule has 0 spiro atoms. The Labute approximate surface area is 211 Å². The topological polar surface area (TPSA) is 68.3 Å². The first-order chi connectivity index (χ1) is 17.2. The lowest BCUT2D eigenvalue weighted by Crippen LogP contribution is -2.28. The summed E-state index contributed by atoms with van der Waals surface area (Å²) in [5, 5.41) is 6.78. The summed E-state index contributed by atoms with van der Waals surface area (Å²) in [6.45, 7) is 2.98. The van der Waals surface area contributed by atoms with Crippen LogP contribution in [0.3, 0.4) is 0 Å². The van der Waals surface area contributed by atoms with E-state index in [0.717, 1.165) is 31.8 Å². The van der Waals surface area contributed by atoms with Crippen LogP contribution in [0.1, 0.15) is 29.2 Å². The Morgan fingerprint density at radius 3 is 2.44 bits per heavy atom. The molecule has 0 saturated heterocycles. The highest BCUT2D eigenvalue weighted by Gasteiger charge is 2.26. The Balaban J connectivity index is 1.58. The van der Waals surface area contributed by atoms with E-state index in [0.29, 0.717) is 23.1 Å². The number of thiophene rings is 1. The lowest BCUT2D eigenvalue weighted by atomic mass is 10.1. The summed E-state index contributed by atoms with van der Waals surface area (Å²) in [4.78, 5) is 11.2. The van der Waals surface area contributed by atoms with Crippen LogP contribution in [0, 0.1) is 6.92 Å². The highest BCUT2D eigenvalue weighted by Crippen LogP contribution is 2.37. The largest absolute Gasteiger partial charge is 0.493 e. The number of fused-ring (bicyclic) bond motifs is 1. The molecule has 190 valence electrons. The minimum absolute atomic E-state index is 0.0788. The summed E-state index contributed by atoms with van der Waals surface area (Å²) in [5.74, 6) is 2.48. The van der Waals surface area contributed by atoms with E-state index in [4.69, 9.17) is 9.47 Å². The molecule has 0 saturated carbocycles. The first-order valence-corrected chi connectivity index (χ1v) is 12.1. The van der Waals surface area contributed by atoms with Crippen LogP contribution in [0.25, 0.3) is 21.3 Å². The molecular weight excluding hydrogens is 489 g/mol. The molecule has 1 unspecified atom stereocenters. The van der Waals surface area contributed by atoms with E-state index in [9.17, 15) is 13.2 Å². The maximum absolute atomic E-state index is 12.6. The van der Waals surface area contributed by atoms with Crippen LogP contribution >= 0.6 is 11.3 Å². The third kappa shape index (κ3) is 5.88. The fraction of sp³-hybridized carbons (Fsp3) is 0.308. The number of halogens is 3. The number of rotatable bonds is 9. The lowest BCUT2D eigenvalue weighted by Gasteiger charge is -2.17. The summed E-state index contributed by atoms with van der Waals surface area (Å²) in [7, 11) is 3.16. The number of aromatic nitrogens is 2. The van der Waals surface area contributed by atoms with Crippen LogP contribution in [0.2, 0.25) is 0 Å². The molecule has 0 aliphatic rings. The van der Waals surface area contributed by atoms with Gasteiger partial charge in [-0.25, -0.2) is 9.97 Å². The number of methoxy groups -OCH3 is 2. The van der Waals surface area contributed by atoms with Crippen molar-refractivity contribution in [3.05, 3.63) is 64.8 Å². The van der Waals surface area contributed by atoms with Crippen molar-refractivity contribution in [1.82, 2.24) is 15.3 Å². The summed E-state index contributed by atoms with van der Waals surface area (Å²) >= 11 is 1.59. The van der Waals surface area contributed by atoms with Gasteiger partial charge in [-0.1, -0.05) is 24.3 Å². The van der Waals surface area contributed by atoms with E-state index in [1.54, 1.807) is 25.6 Å². The van der Waals surface area contributed by atoms with E-state index < -0.39 is 12.7 Å². The van der Waals surface area contributed by atoms with Crippen LogP contribution < -0.4 is 20.1 Å². The standard InChI is InChI=1S/C26H27F3N4O2S/c1-15(31-25-19-11-21(34-3)22(35-4)12-20(19)32-16(2)33-25)23-9-10-24(36-23)18-8-6-5-7-17(18)13-30-14-26(27,28)29/h5-12,15,30H,13-14H2,1-4H3,(H,31,32,33). The predicted molar refractivity (Wildman–Crippen MR) is 137 cm³/mol. The fourth-order valence-corrected chi connectivity index (χ4v) is 5.01. The lowest BCUT2D eigenvalue weighted by molar-refractivity contribution is -0.125. The van der Waals surface area contributed by atoms with E-state index in [1.165, 1.54) is 0 Å². The molecular formula is C26H27F3N4O2S. The molecule has 0 radical (unpaired) electrons. The van der Waals surface area contributed by atoms with Gasteiger partial charge < -0.3 is 20.1 Å². The summed E-state index contributed by atoms with van der Waals surface area (Å²) < 4.78 is 48.6. The zero-order chi connectivity index (χ0) is 25.9. The van der Waals surface area contributed by atoms with Crippen molar-refractivity contribution in [3.63, 3.8) is 0 Å². The van der Waals surface area contributed by atoms with Crippen molar-refractivity contribution < 1.29 is 22.6 Å². The van der Waals surface area contributed by atoms with Gasteiger partial charge in [-0.2, -0.15) is 13.2 Å². The molecule has 0 bridgehead atoms. The average Bonchev–Trinajstić information content (AvgIpc) is 3.33. The fourth-order valence-electron chi connectivity index (χ4n) is 3.94. The van der Waals surface area contributed by atoms with Crippen LogP contribution in [-0.4, -0.2) is 36.9 Å². The maximum Gasteiger partial charge on any atom is 0.401 e. The van der Waals surface area contributed by atoms with E-state index in [1.807, 2.05) is 62.4 Å². The van der Waals surface area contributed by atoms with Crippen LogP contribution in [0.5, 0.6) is 11.5 Å². The molecule has 0 fully saturated rings. The maximum atomic E-state index is 12.6. The first-order valence-electron chi connectivity index (χ1n) is 11.3. The van der Waals surface area contributed by atoms with Crippen LogP contribution in [0.15, 0.2) is 48.5 Å². The second kappa shape index (κ2) is 10.7. The van der Waals surface area contributed by atoms with Crippen molar-refractivity contribution in [1.29, 1.82) is 0 Å². The van der Waals surface area contributed by atoms with E-state index >= 15 is 0 Å². The second-order valence-corrected chi connectivity index (χ2v) is 9.40. The van der Waals surface area contributed by atoms with Gasteiger partial charge in [0.25, 0.3) is 0 Å². The SMILES string of the molecule is COc1cc2nc(C)nc(NC(C)c3ccc(-c4ccccc4CNCC(F)(F)F)s3)c2cc1OC. The zero-order valence-corrected chi connectivity index (χ0v) is 21.2. The van der Waals surface area contributed by atoms with Gasteiger partial charge >= 0.3 is 6.18 Å². The highest BCUT2D eigenvalue weighted by atomic mass is 32.1. The summed E-state index contributed by atoms with van der Waals surface area (Å²) in [6.07, 6.45) is -4.25. The van der Waals surface area contributed by atoms with Crippen LogP contribution in [-0.2, 0) is 6.54 Å². The molecule has 2 aromatic carbocycles. The molecule has 6 nitrogen and oxygen atoms in total. The predicted octanol–water partition coefficient (Wildman–Crippen LogP) is 6.51. The monoisotopic (exact) mass is 516 g/mol. The zero-order valence-electron chi connectivity index (χ0n) is 20.4. The Hall–Kier alpha value is -3.37. The smallest absolute Gasteiger partial charge is 0.401 e. The Bertz CT molecular complexity index is 1360. The number of hydrogen-bond donors (Lipinski definition) is 2. The minimum atomic E-state index is -4.25. The van der Waals surface area contributed by atoms with Crippen molar-refractivity contribution in [2.24, 2.45) is 0 Å². The molecule has 4 rings (SSSR count). The van der Waals surface area contributed by atoms with Crippen molar-refractivity contribution in [3.8, 4) is 21.9 Å². The molecule has 36 heavy (non-hydrogen) atoms. The molecule has 0 amide bonds. The van der Waals surface area contributed by atoms with Gasteiger partial charge in [0.2, 0.25) is 0 Å². The second-order valence-electron chi connectivity index (χ2n) is 8.29.